The van der Waals surface area contributed by atoms with Crippen LogP contribution >= 0.6 is 0 Å². The molecule has 0 aliphatic heterocycles. The van der Waals surface area contributed by atoms with Gasteiger partial charge in [-0.25, -0.2) is 9.37 Å². The Balaban J connectivity index is 2.13. The zero-order valence-electron chi connectivity index (χ0n) is 10.7. The molecule has 0 unspecified atom stereocenters. The number of aryl methyl sites for hydroxylation is 1. The van der Waals surface area contributed by atoms with Crippen LogP contribution in [0.2, 0.25) is 0 Å². The lowest BCUT2D eigenvalue weighted by molar-refractivity contribution is 0.569. The molecule has 0 radical (unpaired) electrons. The maximum Gasteiger partial charge on any atom is 0.226 e. The Labute approximate surface area is 106 Å². The highest BCUT2D eigenvalue weighted by molar-refractivity contribution is 5.58. The second-order valence-corrected chi connectivity index (χ2v) is 4.28. The van der Waals surface area contributed by atoms with Crippen molar-refractivity contribution in [1.29, 1.82) is 0 Å². The van der Waals surface area contributed by atoms with E-state index in [1.807, 2.05) is 6.92 Å². The van der Waals surface area contributed by atoms with Crippen LogP contribution in [-0.4, -0.2) is 11.5 Å². The van der Waals surface area contributed by atoms with Crippen molar-refractivity contribution in [2.24, 2.45) is 0 Å². The van der Waals surface area contributed by atoms with Crippen molar-refractivity contribution >= 4 is 0 Å². The van der Waals surface area contributed by atoms with E-state index in [1.54, 1.807) is 12.3 Å². The average Bonchev–Trinajstić information content (AvgIpc) is 2.78. The predicted molar refractivity (Wildman–Crippen MR) is 68.6 cm³/mol. The molecule has 0 saturated carbocycles. The first-order valence-electron chi connectivity index (χ1n) is 6.12. The van der Waals surface area contributed by atoms with Gasteiger partial charge in [0.25, 0.3) is 0 Å². The third kappa shape index (κ3) is 2.96. The van der Waals surface area contributed by atoms with Gasteiger partial charge in [-0.3, -0.25) is 0 Å². The molecule has 1 aromatic heterocycles. The number of oxazole rings is 1. The van der Waals surface area contributed by atoms with Crippen LogP contribution in [0.5, 0.6) is 0 Å². The molecule has 0 aliphatic carbocycles. The van der Waals surface area contributed by atoms with E-state index in [2.05, 4.69) is 17.2 Å². The molecule has 96 valence electrons. The summed E-state index contributed by atoms with van der Waals surface area (Å²) in [6.07, 6.45) is 2.72. The highest BCUT2D eigenvalue weighted by Gasteiger charge is 2.09. The zero-order valence-corrected chi connectivity index (χ0v) is 10.7. The molecule has 1 heterocycles. The molecular weight excluding hydrogens is 231 g/mol. The minimum atomic E-state index is -0.243. The van der Waals surface area contributed by atoms with E-state index in [0.717, 1.165) is 29.8 Å². The number of hydrogen-bond donors (Lipinski definition) is 1. The zero-order chi connectivity index (χ0) is 13.0. The van der Waals surface area contributed by atoms with E-state index in [-0.39, 0.29) is 5.82 Å². The molecular formula is C14H17FN2O. The molecule has 0 fully saturated rings. The van der Waals surface area contributed by atoms with Gasteiger partial charge in [0.15, 0.2) is 0 Å². The minimum Gasteiger partial charge on any atom is -0.444 e. The largest absolute Gasteiger partial charge is 0.444 e. The molecule has 0 spiro atoms. The number of halogens is 1. The summed E-state index contributed by atoms with van der Waals surface area (Å²) in [4.78, 5) is 4.39. The first-order chi connectivity index (χ1) is 8.70. The SMILES string of the molecule is CCCNCc1coc(-c2ccc(F)cc2C)n1. The molecule has 0 saturated heterocycles. The van der Waals surface area contributed by atoms with Crippen LogP contribution < -0.4 is 5.32 Å². The molecule has 1 N–H and O–H groups in total. The van der Waals surface area contributed by atoms with Gasteiger partial charge in [-0.2, -0.15) is 0 Å². The van der Waals surface area contributed by atoms with Crippen molar-refractivity contribution in [2.45, 2.75) is 26.8 Å². The van der Waals surface area contributed by atoms with E-state index in [1.165, 1.54) is 12.1 Å². The Morgan fingerprint density at radius 2 is 2.22 bits per heavy atom. The summed E-state index contributed by atoms with van der Waals surface area (Å²) in [5.74, 6) is 0.299. The fraction of sp³-hybridized carbons (Fsp3) is 0.357. The first-order valence-corrected chi connectivity index (χ1v) is 6.12. The van der Waals surface area contributed by atoms with Gasteiger partial charge in [-0.15, -0.1) is 0 Å². The molecule has 4 heteroatoms. The summed E-state index contributed by atoms with van der Waals surface area (Å²) in [6, 6.07) is 4.59. The lowest BCUT2D eigenvalue weighted by atomic mass is 10.1. The summed E-state index contributed by atoms with van der Waals surface area (Å²) >= 11 is 0. The van der Waals surface area contributed by atoms with Crippen molar-refractivity contribution in [3.8, 4) is 11.5 Å². The van der Waals surface area contributed by atoms with Gasteiger partial charge in [-0.05, 0) is 43.7 Å². The fourth-order valence-corrected chi connectivity index (χ4v) is 1.77. The van der Waals surface area contributed by atoms with Gasteiger partial charge in [0, 0.05) is 12.1 Å². The van der Waals surface area contributed by atoms with Gasteiger partial charge in [0.05, 0.1) is 5.69 Å². The molecule has 0 bridgehead atoms. The Bertz CT molecular complexity index is 522. The lowest BCUT2D eigenvalue weighted by Gasteiger charge is -2.00. The Morgan fingerprint density at radius 3 is 2.94 bits per heavy atom. The molecule has 0 amide bonds. The van der Waals surface area contributed by atoms with Crippen molar-refractivity contribution in [3.63, 3.8) is 0 Å². The second kappa shape index (κ2) is 5.78. The quantitative estimate of drug-likeness (QED) is 0.825. The first kappa shape index (κ1) is 12.8. The highest BCUT2D eigenvalue weighted by atomic mass is 19.1. The number of rotatable bonds is 5. The molecule has 18 heavy (non-hydrogen) atoms. The van der Waals surface area contributed by atoms with Crippen LogP contribution in [0.25, 0.3) is 11.5 Å². The Hall–Kier alpha value is -1.68. The number of nitrogens with zero attached hydrogens (tertiary/aromatic N) is 1. The van der Waals surface area contributed by atoms with Crippen LogP contribution in [0.15, 0.2) is 28.9 Å². The predicted octanol–water partition coefficient (Wildman–Crippen LogP) is 3.29. The average molecular weight is 248 g/mol. The second-order valence-electron chi connectivity index (χ2n) is 4.28. The summed E-state index contributed by atoms with van der Waals surface area (Å²) < 4.78 is 18.4. The van der Waals surface area contributed by atoms with E-state index in [9.17, 15) is 4.39 Å². The van der Waals surface area contributed by atoms with Crippen LogP contribution in [-0.2, 0) is 6.54 Å². The van der Waals surface area contributed by atoms with Crippen LogP contribution in [0.1, 0.15) is 24.6 Å². The van der Waals surface area contributed by atoms with Crippen LogP contribution in [0, 0.1) is 12.7 Å². The van der Waals surface area contributed by atoms with E-state index in [4.69, 9.17) is 4.42 Å². The third-order valence-electron chi connectivity index (χ3n) is 2.70. The molecule has 0 aliphatic rings. The number of hydrogen-bond acceptors (Lipinski definition) is 3. The smallest absolute Gasteiger partial charge is 0.226 e. The topological polar surface area (TPSA) is 38.1 Å². The van der Waals surface area contributed by atoms with Gasteiger partial charge in [0.1, 0.15) is 12.1 Å². The summed E-state index contributed by atoms with van der Waals surface area (Å²) in [7, 11) is 0. The maximum atomic E-state index is 13.0. The van der Waals surface area contributed by atoms with Crippen LogP contribution in [0.3, 0.4) is 0 Å². The standard InChI is InChI=1S/C14H17FN2O/c1-3-6-16-8-12-9-18-14(17-12)13-5-4-11(15)7-10(13)2/h4-5,7,9,16H,3,6,8H2,1-2H3. The summed E-state index contributed by atoms with van der Waals surface area (Å²) in [5.41, 5.74) is 2.52. The van der Waals surface area contributed by atoms with Gasteiger partial charge >= 0.3 is 0 Å². The van der Waals surface area contributed by atoms with Gasteiger partial charge < -0.3 is 9.73 Å². The highest BCUT2D eigenvalue weighted by Crippen LogP contribution is 2.23. The minimum absolute atomic E-state index is 0.243. The molecule has 2 aromatic rings. The van der Waals surface area contributed by atoms with E-state index < -0.39 is 0 Å². The van der Waals surface area contributed by atoms with E-state index in [0.29, 0.717) is 12.4 Å². The monoisotopic (exact) mass is 248 g/mol. The number of aromatic nitrogens is 1. The maximum absolute atomic E-state index is 13.0. The molecule has 3 nitrogen and oxygen atoms in total. The number of nitrogens with one attached hydrogen (secondary N) is 1. The molecule has 1 aromatic carbocycles. The lowest BCUT2D eigenvalue weighted by Crippen LogP contribution is -2.13. The van der Waals surface area contributed by atoms with Crippen molar-refractivity contribution in [3.05, 3.63) is 41.5 Å². The van der Waals surface area contributed by atoms with Crippen LogP contribution in [0.4, 0.5) is 4.39 Å². The Kier molecular flexibility index (Phi) is 4.10. The van der Waals surface area contributed by atoms with E-state index >= 15 is 0 Å². The van der Waals surface area contributed by atoms with Gasteiger partial charge in [0.2, 0.25) is 5.89 Å². The third-order valence-corrected chi connectivity index (χ3v) is 2.70. The summed E-state index contributed by atoms with van der Waals surface area (Å²) in [5, 5.41) is 3.26. The van der Waals surface area contributed by atoms with Crippen molar-refractivity contribution in [2.75, 3.05) is 6.54 Å². The fourth-order valence-electron chi connectivity index (χ4n) is 1.77. The summed E-state index contributed by atoms with van der Waals surface area (Å²) in [6.45, 7) is 5.61. The number of benzene rings is 1. The molecule has 0 atom stereocenters. The van der Waals surface area contributed by atoms with Gasteiger partial charge in [-0.1, -0.05) is 6.92 Å². The van der Waals surface area contributed by atoms with Crippen molar-refractivity contribution < 1.29 is 8.81 Å². The Morgan fingerprint density at radius 1 is 1.39 bits per heavy atom. The van der Waals surface area contributed by atoms with Crippen molar-refractivity contribution in [1.82, 2.24) is 10.3 Å². The normalized spacial score (nSPS) is 10.8. The molecule has 2 rings (SSSR count).